The van der Waals surface area contributed by atoms with Gasteiger partial charge in [-0.15, -0.1) is 12.4 Å². The second kappa shape index (κ2) is 6.93. The molecule has 120 valence electrons. The van der Waals surface area contributed by atoms with Crippen molar-refractivity contribution in [2.75, 3.05) is 44.2 Å². The maximum absolute atomic E-state index is 14.0. The van der Waals surface area contributed by atoms with E-state index in [1.54, 1.807) is 4.90 Å². The second-order valence-electron chi connectivity index (χ2n) is 5.09. The zero-order valence-electron chi connectivity index (χ0n) is 12.0. The summed E-state index contributed by atoms with van der Waals surface area (Å²) in [5.41, 5.74) is 0.569. The highest BCUT2D eigenvalue weighted by atomic mass is 35.5. The quantitative estimate of drug-likeness (QED) is 0.845. The number of nitrogens with zero attached hydrogens (tertiary/aromatic N) is 2. The first-order chi connectivity index (χ1) is 10.2. The monoisotopic (exact) mass is 328 g/mol. The Bertz CT molecular complexity index is 578. The van der Waals surface area contributed by atoms with Crippen molar-refractivity contribution in [3.8, 4) is 0 Å². The number of urea groups is 1. The van der Waals surface area contributed by atoms with Crippen molar-refractivity contribution in [2.45, 2.75) is 0 Å². The summed E-state index contributed by atoms with van der Waals surface area (Å²) in [6.07, 6.45) is 0. The van der Waals surface area contributed by atoms with Gasteiger partial charge >= 0.3 is 6.03 Å². The van der Waals surface area contributed by atoms with Crippen LogP contribution in [0.4, 0.5) is 14.9 Å². The maximum Gasteiger partial charge on any atom is 0.321 e. The molecule has 0 unspecified atom stereocenters. The number of amides is 3. The summed E-state index contributed by atoms with van der Waals surface area (Å²) in [5, 5.41) is 5.83. The molecule has 3 amide bonds. The Labute approximate surface area is 134 Å². The number of halogens is 2. The molecule has 3 rings (SSSR count). The number of carbonyl (C=O) groups excluding carboxylic acids is 2. The lowest BCUT2D eigenvalue weighted by Gasteiger charge is -2.28. The van der Waals surface area contributed by atoms with Gasteiger partial charge in [0.15, 0.2) is 0 Å². The zero-order valence-corrected chi connectivity index (χ0v) is 12.8. The van der Waals surface area contributed by atoms with Gasteiger partial charge in [-0.25, -0.2) is 9.18 Å². The average Bonchev–Trinajstić information content (AvgIpc) is 2.94. The van der Waals surface area contributed by atoms with E-state index in [1.165, 1.54) is 23.1 Å². The SMILES string of the molecule is Cl.O=C(c1cc(N2CCNC2=O)ccc1F)N1CCNCC1. The number of hydrogen-bond donors (Lipinski definition) is 2. The van der Waals surface area contributed by atoms with Crippen molar-refractivity contribution in [3.63, 3.8) is 0 Å². The molecular formula is C14H18ClFN4O2. The minimum atomic E-state index is -0.554. The number of anilines is 1. The number of carbonyl (C=O) groups is 2. The van der Waals surface area contributed by atoms with Crippen LogP contribution >= 0.6 is 12.4 Å². The summed E-state index contributed by atoms with van der Waals surface area (Å²) < 4.78 is 14.0. The summed E-state index contributed by atoms with van der Waals surface area (Å²) in [7, 11) is 0. The van der Waals surface area contributed by atoms with Crippen LogP contribution in [0, 0.1) is 5.82 Å². The van der Waals surface area contributed by atoms with Gasteiger partial charge in [0.1, 0.15) is 5.82 Å². The van der Waals surface area contributed by atoms with Crippen molar-refractivity contribution in [3.05, 3.63) is 29.6 Å². The molecule has 22 heavy (non-hydrogen) atoms. The van der Waals surface area contributed by atoms with Crippen LogP contribution in [0.1, 0.15) is 10.4 Å². The highest BCUT2D eigenvalue weighted by Crippen LogP contribution is 2.21. The van der Waals surface area contributed by atoms with E-state index in [1.807, 2.05) is 0 Å². The van der Waals surface area contributed by atoms with Crippen LogP contribution in [-0.4, -0.2) is 56.1 Å². The first kappa shape index (κ1) is 16.5. The molecule has 8 heteroatoms. The van der Waals surface area contributed by atoms with E-state index < -0.39 is 5.82 Å². The van der Waals surface area contributed by atoms with E-state index in [9.17, 15) is 14.0 Å². The first-order valence-electron chi connectivity index (χ1n) is 7.02. The van der Waals surface area contributed by atoms with Crippen molar-refractivity contribution in [1.82, 2.24) is 15.5 Å². The van der Waals surface area contributed by atoms with Crippen LogP contribution in [0.25, 0.3) is 0 Å². The fourth-order valence-electron chi connectivity index (χ4n) is 2.60. The molecule has 2 aliphatic rings. The molecule has 0 atom stereocenters. The molecule has 2 saturated heterocycles. The lowest BCUT2D eigenvalue weighted by Crippen LogP contribution is -2.46. The lowest BCUT2D eigenvalue weighted by atomic mass is 10.1. The Kier molecular flexibility index (Phi) is 5.20. The summed E-state index contributed by atoms with van der Waals surface area (Å²) in [6, 6.07) is 4.01. The fraction of sp³-hybridized carbons (Fsp3) is 0.429. The molecule has 0 radical (unpaired) electrons. The van der Waals surface area contributed by atoms with Crippen LogP contribution in [0.3, 0.4) is 0 Å². The van der Waals surface area contributed by atoms with Crippen LogP contribution in [-0.2, 0) is 0 Å². The molecule has 6 nitrogen and oxygen atoms in total. The highest BCUT2D eigenvalue weighted by Gasteiger charge is 2.25. The first-order valence-corrected chi connectivity index (χ1v) is 7.02. The van der Waals surface area contributed by atoms with E-state index >= 15 is 0 Å². The predicted octanol–water partition coefficient (Wildman–Crippen LogP) is 0.822. The standard InChI is InChI=1S/C14H17FN4O2.ClH/c15-12-2-1-10(19-8-5-17-14(19)21)9-11(12)13(20)18-6-3-16-4-7-18;/h1-2,9,16H,3-8H2,(H,17,21);1H. The van der Waals surface area contributed by atoms with Crippen molar-refractivity contribution in [1.29, 1.82) is 0 Å². The van der Waals surface area contributed by atoms with Gasteiger partial charge in [0.2, 0.25) is 0 Å². The van der Waals surface area contributed by atoms with E-state index in [2.05, 4.69) is 10.6 Å². The van der Waals surface area contributed by atoms with E-state index in [4.69, 9.17) is 0 Å². The average molecular weight is 329 g/mol. The predicted molar refractivity (Wildman–Crippen MR) is 83.2 cm³/mol. The number of benzene rings is 1. The normalized spacial score (nSPS) is 18.0. The fourth-order valence-corrected chi connectivity index (χ4v) is 2.60. The van der Waals surface area contributed by atoms with Crippen LogP contribution in [0.2, 0.25) is 0 Å². The molecule has 0 spiro atoms. The Hall–Kier alpha value is -1.86. The van der Waals surface area contributed by atoms with Crippen molar-refractivity contribution >= 4 is 30.0 Å². The Morgan fingerprint density at radius 2 is 1.86 bits per heavy atom. The Morgan fingerprint density at radius 3 is 2.50 bits per heavy atom. The van der Waals surface area contributed by atoms with Crippen LogP contribution in [0.15, 0.2) is 18.2 Å². The molecule has 1 aromatic rings. The third kappa shape index (κ3) is 3.15. The number of piperazine rings is 1. The van der Waals surface area contributed by atoms with E-state index in [-0.39, 0.29) is 29.9 Å². The highest BCUT2D eigenvalue weighted by molar-refractivity contribution is 5.98. The molecule has 0 aliphatic carbocycles. The van der Waals surface area contributed by atoms with E-state index in [0.29, 0.717) is 45.0 Å². The molecule has 0 saturated carbocycles. The molecule has 0 bridgehead atoms. The summed E-state index contributed by atoms with van der Waals surface area (Å²) >= 11 is 0. The third-order valence-electron chi connectivity index (χ3n) is 3.75. The molecule has 2 N–H and O–H groups in total. The summed E-state index contributed by atoms with van der Waals surface area (Å²) in [5.74, 6) is -0.877. The largest absolute Gasteiger partial charge is 0.336 e. The topological polar surface area (TPSA) is 64.7 Å². The molecule has 1 aromatic carbocycles. The van der Waals surface area contributed by atoms with Gasteiger partial charge < -0.3 is 15.5 Å². The van der Waals surface area contributed by atoms with Crippen LogP contribution in [0.5, 0.6) is 0 Å². The molecule has 2 heterocycles. The van der Waals surface area contributed by atoms with Crippen molar-refractivity contribution < 1.29 is 14.0 Å². The lowest BCUT2D eigenvalue weighted by molar-refractivity contribution is 0.0731. The third-order valence-corrected chi connectivity index (χ3v) is 3.75. The van der Waals surface area contributed by atoms with Gasteiger partial charge in [-0.1, -0.05) is 0 Å². The van der Waals surface area contributed by atoms with E-state index in [0.717, 1.165) is 0 Å². The van der Waals surface area contributed by atoms with Gasteiger partial charge in [-0.2, -0.15) is 0 Å². The number of hydrogen-bond acceptors (Lipinski definition) is 3. The Morgan fingerprint density at radius 1 is 1.14 bits per heavy atom. The number of rotatable bonds is 2. The smallest absolute Gasteiger partial charge is 0.321 e. The number of nitrogens with one attached hydrogen (secondary N) is 2. The second-order valence-corrected chi connectivity index (χ2v) is 5.09. The summed E-state index contributed by atoms with van der Waals surface area (Å²) in [6.45, 7) is 3.62. The Balaban J connectivity index is 0.00000176. The van der Waals surface area contributed by atoms with Gasteiger partial charge in [0, 0.05) is 45.0 Å². The van der Waals surface area contributed by atoms with Gasteiger partial charge in [-0.3, -0.25) is 9.69 Å². The summed E-state index contributed by atoms with van der Waals surface area (Å²) in [4.78, 5) is 27.2. The molecule has 2 aliphatic heterocycles. The molecule has 2 fully saturated rings. The van der Waals surface area contributed by atoms with Gasteiger partial charge in [0.25, 0.3) is 5.91 Å². The molecule has 0 aromatic heterocycles. The minimum Gasteiger partial charge on any atom is -0.336 e. The van der Waals surface area contributed by atoms with Gasteiger partial charge in [0.05, 0.1) is 5.56 Å². The molecular weight excluding hydrogens is 311 g/mol. The maximum atomic E-state index is 14.0. The van der Waals surface area contributed by atoms with Gasteiger partial charge in [-0.05, 0) is 18.2 Å². The van der Waals surface area contributed by atoms with Crippen LogP contribution < -0.4 is 15.5 Å². The zero-order chi connectivity index (χ0) is 14.8. The minimum absolute atomic E-state index is 0. The van der Waals surface area contributed by atoms with Crippen molar-refractivity contribution in [2.24, 2.45) is 0 Å².